The molecule has 0 aromatic heterocycles. The lowest BCUT2D eigenvalue weighted by Gasteiger charge is -2.13. The molecule has 0 saturated heterocycles. The number of hydrogen-bond donors (Lipinski definition) is 1. The molecule has 0 aliphatic heterocycles. The second-order valence-corrected chi connectivity index (χ2v) is 5.12. The van der Waals surface area contributed by atoms with Crippen molar-refractivity contribution >= 4 is 0 Å². The van der Waals surface area contributed by atoms with E-state index in [9.17, 15) is 9.50 Å². The highest BCUT2D eigenvalue weighted by atomic mass is 19.1. The van der Waals surface area contributed by atoms with E-state index in [4.69, 9.17) is 0 Å². The number of aryl methyl sites for hydroxylation is 2. The van der Waals surface area contributed by atoms with E-state index in [1.807, 2.05) is 32.0 Å². The molecule has 0 aliphatic rings. The average molecular weight is 258 g/mol. The molecule has 100 valence electrons. The number of hydrogen-bond acceptors (Lipinski definition) is 1. The van der Waals surface area contributed by atoms with Crippen LogP contribution in [0.2, 0.25) is 0 Å². The third-order valence-corrected chi connectivity index (χ3v) is 3.31. The Hall–Kier alpha value is -1.67. The molecule has 1 atom stereocenters. The topological polar surface area (TPSA) is 20.2 Å². The van der Waals surface area contributed by atoms with Crippen LogP contribution in [-0.4, -0.2) is 11.2 Å². The van der Waals surface area contributed by atoms with E-state index >= 15 is 0 Å². The van der Waals surface area contributed by atoms with Gasteiger partial charge in [0.1, 0.15) is 5.82 Å². The smallest absolute Gasteiger partial charge is 0.123 e. The molecule has 2 rings (SSSR count). The van der Waals surface area contributed by atoms with Gasteiger partial charge >= 0.3 is 0 Å². The Balaban J connectivity index is 2.03. The Morgan fingerprint density at radius 3 is 2.53 bits per heavy atom. The van der Waals surface area contributed by atoms with Gasteiger partial charge in [0.25, 0.3) is 0 Å². The van der Waals surface area contributed by atoms with Gasteiger partial charge in [-0.15, -0.1) is 0 Å². The summed E-state index contributed by atoms with van der Waals surface area (Å²) in [5.74, 6) is -0.227. The molecule has 1 unspecified atom stereocenters. The highest BCUT2D eigenvalue weighted by Crippen LogP contribution is 2.15. The van der Waals surface area contributed by atoms with Gasteiger partial charge in [0.05, 0.1) is 6.10 Å². The normalized spacial score (nSPS) is 12.4. The van der Waals surface area contributed by atoms with Crippen molar-refractivity contribution in [2.24, 2.45) is 0 Å². The van der Waals surface area contributed by atoms with Crippen molar-refractivity contribution in [2.75, 3.05) is 0 Å². The molecule has 0 amide bonds. The molecule has 0 spiro atoms. The standard InChI is InChI=1S/C17H19FO/c1-12-4-3-5-14(8-12)10-17(19)11-15-6-7-16(18)9-13(15)2/h3-9,17,19H,10-11H2,1-2H3. The molecule has 2 aromatic rings. The van der Waals surface area contributed by atoms with Gasteiger partial charge in [0, 0.05) is 0 Å². The molecule has 0 fully saturated rings. The minimum absolute atomic E-state index is 0.227. The SMILES string of the molecule is Cc1cccc(CC(O)Cc2ccc(F)cc2C)c1. The number of aliphatic hydroxyl groups excluding tert-OH is 1. The maximum Gasteiger partial charge on any atom is 0.123 e. The van der Waals surface area contributed by atoms with Crippen LogP contribution in [0.5, 0.6) is 0 Å². The molecule has 2 aromatic carbocycles. The molecule has 2 heteroatoms. The van der Waals surface area contributed by atoms with Gasteiger partial charge in [-0.25, -0.2) is 4.39 Å². The van der Waals surface area contributed by atoms with Gasteiger partial charge in [-0.1, -0.05) is 35.9 Å². The first-order valence-electron chi connectivity index (χ1n) is 6.53. The highest BCUT2D eigenvalue weighted by molar-refractivity contribution is 5.28. The summed E-state index contributed by atoms with van der Waals surface area (Å²) in [7, 11) is 0. The fraction of sp³-hybridized carbons (Fsp3) is 0.294. The van der Waals surface area contributed by atoms with Gasteiger partial charge < -0.3 is 5.11 Å². The minimum Gasteiger partial charge on any atom is -0.392 e. The second-order valence-electron chi connectivity index (χ2n) is 5.12. The van der Waals surface area contributed by atoms with E-state index in [0.29, 0.717) is 12.8 Å². The lowest BCUT2D eigenvalue weighted by molar-refractivity contribution is 0.175. The molecule has 1 nitrogen and oxygen atoms in total. The minimum atomic E-state index is -0.439. The Labute approximate surface area is 113 Å². The van der Waals surface area contributed by atoms with Crippen LogP contribution in [0.1, 0.15) is 22.3 Å². The van der Waals surface area contributed by atoms with Crippen molar-refractivity contribution in [3.8, 4) is 0 Å². The number of benzene rings is 2. The van der Waals surface area contributed by atoms with Crippen molar-refractivity contribution in [1.29, 1.82) is 0 Å². The van der Waals surface area contributed by atoms with Crippen LogP contribution in [0.15, 0.2) is 42.5 Å². The lowest BCUT2D eigenvalue weighted by Crippen LogP contribution is -2.14. The quantitative estimate of drug-likeness (QED) is 0.888. The van der Waals surface area contributed by atoms with Crippen molar-refractivity contribution in [1.82, 2.24) is 0 Å². The summed E-state index contributed by atoms with van der Waals surface area (Å²) < 4.78 is 13.0. The molecule has 0 radical (unpaired) electrons. The molecule has 0 aliphatic carbocycles. The van der Waals surface area contributed by atoms with Crippen LogP contribution in [0.25, 0.3) is 0 Å². The van der Waals surface area contributed by atoms with Crippen LogP contribution in [0.4, 0.5) is 4.39 Å². The number of rotatable bonds is 4. The molecule has 0 saturated carbocycles. The zero-order valence-electron chi connectivity index (χ0n) is 11.4. The van der Waals surface area contributed by atoms with Gasteiger partial charge in [-0.05, 0) is 55.5 Å². The van der Waals surface area contributed by atoms with E-state index < -0.39 is 6.10 Å². The summed E-state index contributed by atoms with van der Waals surface area (Å²) in [6.07, 6.45) is 0.740. The summed E-state index contributed by atoms with van der Waals surface area (Å²) in [6.45, 7) is 3.91. The first-order valence-corrected chi connectivity index (χ1v) is 6.53. The Morgan fingerprint density at radius 1 is 1.05 bits per heavy atom. The largest absolute Gasteiger partial charge is 0.392 e. The summed E-state index contributed by atoms with van der Waals surface area (Å²) in [5.41, 5.74) is 4.22. The van der Waals surface area contributed by atoms with Crippen LogP contribution in [-0.2, 0) is 12.8 Å². The van der Waals surface area contributed by atoms with Crippen LogP contribution < -0.4 is 0 Å². The fourth-order valence-electron chi connectivity index (χ4n) is 2.33. The second kappa shape index (κ2) is 5.98. The van der Waals surface area contributed by atoms with Crippen LogP contribution in [0, 0.1) is 19.7 Å². The van der Waals surface area contributed by atoms with E-state index in [2.05, 4.69) is 6.07 Å². The lowest BCUT2D eigenvalue weighted by atomic mass is 9.97. The zero-order chi connectivity index (χ0) is 13.8. The van der Waals surface area contributed by atoms with E-state index in [1.54, 1.807) is 6.07 Å². The predicted molar refractivity (Wildman–Crippen MR) is 75.7 cm³/mol. The molecule has 0 heterocycles. The van der Waals surface area contributed by atoms with E-state index in [1.165, 1.54) is 17.7 Å². The molecule has 19 heavy (non-hydrogen) atoms. The third-order valence-electron chi connectivity index (χ3n) is 3.31. The first kappa shape index (κ1) is 13.8. The summed E-state index contributed by atoms with van der Waals surface area (Å²) in [4.78, 5) is 0. The van der Waals surface area contributed by atoms with Gasteiger partial charge in [0.2, 0.25) is 0 Å². The molecular weight excluding hydrogens is 239 g/mol. The number of halogens is 1. The van der Waals surface area contributed by atoms with E-state index in [0.717, 1.165) is 16.7 Å². The Morgan fingerprint density at radius 2 is 1.84 bits per heavy atom. The molecule has 1 N–H and O–H groups in total. The van der Waals surface area contributed by atoms with Gasteiger partial charge in [-0.3, -0.25) is 0 Å². The third kappa shape index (κ3) is 3.90. The predicted octanol–water partition coefficient (Wildman–Crippen LogP) is 3.59. The molecular formula is C17H19FO. The first-order chi connectivity index (χ1) is 9.04. The fourth-order valence-corrected chi connectivity index (χ4v) is 2.33. The Bertz CT molecular complexity index is 563. The van der Waals surface area contributed by atoms with Gasteiger partial charge in [0.15, 0.2) is 0 Å². The summed E-state index contributed by atoms with van der Waals surface area (Å²) >= 11 is 0. The highest BCUT2D eigenvalue weighted by Gasteiger charge is 2.09. The van der Waals surface area contributed by atoms with Crippen molar-refractivity contribution in [2.45, 2.75) is 32.8 Å². The zero-order valence-corrected chi connectivity index (χ0v) is 11.4. The van der Waals surface area contributed by atoms with Gasteiger partial charge in [-0.2, -0.15) is 0 Å². The van der Waals surface area contributed by atoms with Crippen LogP contribution in [0.3, 0.4) is 0 Å². The Kier molecular flexibility index (Phi) is 4.33. The maximum absolute atomic E-state index is 13.0. The van der Waals surface area contributed by atoms with Crippen LogP contribution >= 0.6 is 0 Å². The van der Waals surface area contributed by atoms with Crippen molar-refractivity contribution in [3.05, 3.63) is 70.5 Å². The van der Waals surface area contributed by atoms with Crippen molar-refractivity contribution < 1.29 is 9.50 Å². The molecule has 0 bridgehead atoms. The summed E-state index contributed by atoms with van der Waals surface area (Å²) in [5, 5.41) is 10.1. The van der Waals surface area contributed by atoms with Crippen molar-refractivity contribution in [3.63, 3.8) is 0 Å². The monoisotopic (exact) mass is 258 g/mol. The summed E-state index contributed by atoms with van der Waals surface area (Å²) in [6, 6.07) is 12.9. The average Bonchev–Trinajstić information content (AvgIpc) is 2.33. The maximum atomic E-state index is 13.0. The number of aliphatic hydroxyl groups is 1. The van der Waals surface area contributed by atoms with E-state index in [-0.39, 0.29) is 5.82 Å².